The minimum absolute atomic E-state index is 0.887. The van der Waals surface area contributed by atoms with Crippen molar-refractivity contribution < 1.29 is 0 Å². The van der Waals surface area contributed by atoms with Gasteiger partial charge in [-0.1, -0.05) is 127 Å². The van der Waals surface area contributed by atoms with Crippen LogP contribution in [0, 0.1) is 0 Å². The Bertz CT molecular complexity index is 2530. The quantitative estimate of drug-likeness (QED) is 0.204. The van der Waals surface area contributed by atoms with Crippen molar-refractivity contribution in [3.8, 4) is 44.8 Å². The van der Waals surface area contributed by atoms with Gasteiger partial charge in [0.05, 0.1) is 22.4 Å². The molecule has 0 fully saturated rings. The molecule has 0 bridgehead atoms. The summed E-state index contributed by atoms with van der Waals surface area (Å²) in [5.74, 6) is 0. The SMILES string of the molecule is c1ccc2cc(-c3ccc(-c4nc5ccccc5nc4-c4ccc(-c5cccc6sc7ccccc7c56)cc4)cc3)ccc2c1. The fraction of sp³-hybridized carbons (Fsp3) is 0. The number of nitrogens with zero attached hydrogens (tertiary/aromatic N) is 2. The van der Waals surface area contributed by atoms with Crippen LogP contribution in [0.4, 0.5) is 0 Å². The summed E-state index contributed by atoms with van der Waals surface area (Å²) < 4.78 is 2.63. The van der Waals surface area contributed by atoms with Gasteiger partial charge in [0, 0.05) is 31.3 Å². The Hall–Kier alpha value is -5.64. The number of aromatic nitrogens is 2. The van der Waals surface area contributed by atoms with Crippen LogP contribution < -0.4 is 0 Å². The van der Waals surface area contributed by atoms with E-state index in [4.69, 9.17) is 9.97 Å². The van der Waals surface area contributed by atoms with Gasteiger partial charge in [-0.25, -0.2) is 9.97 Å². The molecule has 2 heterocycles. The summed E-state index contributed by atoms with van der Waals surface area (Å²) in [5.41, 5.74) is 10.5. The third-order valence-corrected chi connectivity index (χ3v) is 9.82. The van der Waals surface area contributed by atoms with Crippen LogP contribution in [0.2, 0.25) is 0 Å². The van der Waals surface area contributed by atoms with Gasteiger partial charge >= 0.3 is 0 Å². The Morgan fingerprint density at radius 2 is 0.933 bits per heavy atom. The van der Waals surface area contributed by atoms with Gasteiger partial charge in [-0.3, -0.25) is 0 Å². The first-order valence-electron chi connectivity index (χ1n) is 15.2. The van der Waals surface area contributed by atoms with Crippen molar-refractivity contribution in [1.29, 1.82) is 0 Å². The number of thiophene rings is 1. The summed E-state index contributed by atoms with van der Waals surface area (Å²) in [6.45, 7) is 0. The van der Waals surface area contributed by atoms with Crippen LogP contribution in [-0.4, -0.2) is 9.97 Å². The van der Waals surface area contributed by atoms with E-state index in [1.54, 1.807) is 0 Å². The monoisotopic (exact) mass is 590 g/mol. The first kappa shape index (κ1) is 25.8. The molecule has 3 heteroatoms. The predicted octanol–water partition coefficient (Wildman–Crippen LogP) is 11.8. The lowest BCUT2D eigenvalue weighted by atomic mass is 9.96. The van der Waals surface area contributed by atoms with Crippen molar-refractivity contribution in [1.82, 2.24) is 9.97 Å². The maximum Gasteiger partial charge on any atom is 0.0973 e. The van der Waals surface area contributed by atoms with Gasteiger partial charge in [-0.05, 0) is 63.4 Å². The van der Waals surface area contributed by atoms with E-state index in [1.165, 1.54) is 53.2 Å². The van der Waals surface area contributed by atoms with Crippen LogP contribution >= 0.6 is 11.3 Å². The molecule has 0 aliphatic carbocycles. The van der Waals surface area contributed by atoms with Gasteiger partial charge in [0.25, 0.3) is 0 Å². The van der Waals surface area contributed by atoms with Crippen molar-refractivity contribution >= 4 is 53.3 Å². The maximum atomic E-state index is 5.16. The molecule has 0 unspecified atom stereocenters. The minimum Gasteiger partial charge on any atom is -0.244 e. The average molecular weight is 591 g/mol. The molecule has 9 rings (SSSR count). The molecular formula is C42H26N2S. The van der Waals surface area contributed by atoms with E-state index in [-0.39, 0.29) is 0 Å². The fourth-order valence-electron chi connectivity index (χ4n) is 6.41. The lowest BCUT2D eigenvalue weighted by Crippen LogP contribution is -1.95. The van der Waals surface area contributed by atoms with E-state index in [0.717, 1.165) is 33.5 Å². The largest absolute Gasteiger partial charge is 0.244 e. The summed E-state index contributed by atoms with van der Waals surface area (Å²) in [4.78, 5) is 10.3. The van der Waals surface area contributed by atoms with Gasteiger partial charge < -0.3 is 0 Å². The third-order valence-electron chi connectivity index (χ3n) is 8.68. The van der Waals surface area contributed by atoms with E-state index in [2.05, 4.69) is 133 Å². The summed E-state index contributed by atoms with van der Waals surface area (Å²) >= 11 is 1.85. The number of rotatable bonds is 4. The zero-order chi connectivity index (χ0) is 29.7. The topological polar surface area (TPSA) is 25.8 Å². The molecule has 9 aromatic rings. The van der Waals surface area contributed by atoms with Crippen LogP contribution in [-0.2, 0) is 0 Å². The Kier molecular flexibility index (Phi) is 6.03. The molecule has 0 spiro atoms. The minimum atomic E-state index is 0.887. The second-order valence-corrected chi connectivity index (χ2v) is 12.5. The lowest BCUT2D eigenvalue weighted by molar-refractivity contribution is 1.29. The number of hydrogen-bond donors (Lipinski definition) is 0. The van der Waals surface area contributed by atoms with Crippen molar-refractivity contribution in [2.45, 2.75) is 0 Å². The van der Waals surface area contributed by atoms with Crippen molar-refractivity contribution in [2.75, 3.05) is 0 Å². The Balaban J connectivity index is 1.13. The van der Waals surface area contributed by atoms with E-state index in [1.807, 2.05) is 35.6 Å². The molecule has 210 valence electrons. The Labute approximate surface area is 264 Å². The summed E-state index contributed by atoms with van der Waals surface area (Å²) in [6, 6.07) is 56.1. The highest BCUT2D eigenvalue weighted by molar-refractivity contribution is 7.25. The number of hydrogen-bond acceptors (Lipinski definition) is 3. The van der Waals surface area contributed by atoms with Crippen molar-refractivity contribution in [2.24, 2.45) is 0 Å². The molecule has 45 heavy (non-hydrogen) atoms. The van der Waals surface area contributed by atoms with Gasteiger partial charge in [0.15, 0.2) is 0 Å². The summed E-state index contributed by atoms with van der Waals surface area (Å²) in [6.07, 6.45) is 0. The summed E-state index contributed by atoms with van der Waals surface area (Å²) in [5, 5.41) is 5.13. The van der Waals surface area contributed by atoms with E-state index >= 15 is 0 Å². The molecule has 7 aromatic carbocycles. The normalized spacial score (nSPS) is 11.6. The van der Waals surface area contributed by atoms with Crippen molar-refractivity contribution in [3.63, 3.8) is 0 Å². The number of benzene rings is 7. The first-order chi connectivity index (χ1) is 22.3. The number of fused-ring (bicyclic) bond motifs is 5. The smallest absolute Gasteiger partial charge is 0.0973 e. The second kappa shape index (κ2) is 10.5. The zero-order valence-corrected chi connectivity index (χ0v) is 25.1. The molecular weight excluding hydrogens is 565 g/mol. The van der Waals surface area contributed by atoms with E-state index in [0.29, 0.717) is 0 Å². The van der Waals surface area contributed by atoms with Crippen LogP contribution in [0.25, 0.3) is 86.7 Å². The van der Waals surface area contributed by atoms with Crippen LogP contribution in [0.3, 0.4) is 0 Å². The van der Waals surface area contributed by atoms with Gasteiger partial charge in [-0.15, -0.1) is 11.3 Å². The Morgan fingerprint density at radius 3 is 1.67 bits per heavy atom. The highest BCUT2D eigenvalue weighted by Gasteiger charge is 2.15. The molecule has 0 aliphatic heterocycles. The van der Waals surface area contributed by atoms with Gasteiger partial charge in [-0.2, -0.15) is 0 Å². The number of para-hydroxylation sites is 2. The first-order valence-corrected chi connectivity index (χ1v) is 16.0. The second-order valence-electron chi connectivity index (χ2n) is 11.4. The molecule has 2 aromatic heterocycles. The lowest BCUT2D eigenvalue weighted by Gasteiger charge is -2.12. The molecule has 0 amide bonds. The van der Waals surface area contributed by atoms with E-state index in [9.17, 15) is 0 Å². The molecule has 0 radical (unpaired) electrons. The highest BCUT2D eigenvalue weighted by Crippen LogP contribution is 2.41. The molecule has 0 atom stereocenters. The van der Waals surface area contributed by atoms with E-state index < -0.39 is 0 Å². The van der Waals surface area contributed by atoms with Crippen LogP contribution in [0.15, 0.2) is 158 Å². The molecule has 0 N–H and O–H groups in total. The standard InChI is InChI=1S/C42H26N2S/c1-2-9-32-26-33(25-18-27(32)8-1)28-16-21-30(22-17-28)41-42(44-37-13-5-4-12-36(37)43-41)31-23-19-29(20-24-31)34-11-7-15-39-40(34)35-10-3-6-14-38(35)45-39/h1-26H. The molecule has 0 saturated heterocycles. The fourth-order valence-corrected chi connectivity index (χ4v) is 7.55. The zero-order valence-electron chi connectivity index (χ0n) is 24.3. The molecule has 2 nitrogen and oxygen atoms in total. The van der Waals surface area contributed by atoms with Crippen LogP contribution in [0.5, 0.6) is 0 Å². The van der Waals surface area contributed by atoms with Crippen LogP contribution in [0.1, 0.15) is 0 Å². The summed E-state index contributed by atoms with van der Waals surface area (Å²) in [7, 11) is 0. The van der Waals surface area contributed by atoms with Gasteiger partial charge in [0.1, 0.15) is 0 Å². The average Bonchev–Trinajstić information content (AvgIpc) is 3.50. The predicted molar refractivity (Wildman–Crippen MR) is 192 cm³/mol. The Morgan fingerprint density at radius 1 is 0.378 bits per heavy atom. The van der Waals surface area contributed by atoms with Crippen molar-refractivity contribution in [3.05, 3.63) is 158 Å². The van der Waals surface area contributed by atoms with Gasteiger partial charge in [0.2, 0.25) is 0 Å². The molecule has 0 aliphatic rings. The third kappa shape index (κ3) is 4.48. The highest BCUT2D eigenvalue weighted by atomic mass is 32.1. The maximum absolute atomic E-state index is 5.16. The molecule has 0 saturated carbocycles.